The van der Waals surface area contributed by atoms with E-state index in [2.05, 4.69) is 27.4 Å². The van der Waals surface area contributed by atoms with E-state index in [0.29, 0.717) is 6.54 Å². The Kier molecular flexibility index (Phi) is 3.26. The summed E-state index contributed by atoms with van der Waals surface area (Å²) in [5, 5.41) is 15.5. The number of nitrogens with zero attached hydrogens (tertiary/aromatic N) is 1. The zero-order valence-corrected chi connectivity index (χ0v) is 12.7. The van der Waals surface area contributed by atoms with Crippen LogP contribution in [0.5, 0.6) is 0 Å². The van der Waals surface area contributed by atoms with Gasteiger partial charge in [-0.25, -0.2) is 0 Å². The van der Waals surface area contributed by atoms with Gasteiger partial charge >= 0.3 is 0 Å². The summed E-state index contributed by atoms with van der Waals surface area (Å²) in [4.78, 5) is 8.01. The van der Waals surface area contributed by atoms with Crippen LogP contribution in [-0.2, 0) is 0 Å². The van der Waals surface area contributed by atoms with E-state index in [0.717, 1.165) is 21.9 Å². The molecule has 1 aromatic heterocycles. The minimum atomic E-state index is -0.710. The molecule has 0 aliphatic carbocycles. The van der Waals surface area contributed by atoms with Crippen molar-refractivity contribution in [1.82, 2.24) is 4.98 Å². The molecule has 20 heavy (non-hydrogen) atoms. The maximum atomic E-state index is 10.1. The molecule has 0 radical (unpaired) electrons. The van der Waals surface area contributed by atoms with Crippen molar-refractivity contribution in [2.75, 3.05) is 18.9 Å². The lowest BCUT2D eigenvalue weighted by Crippen LogP contribution is -2.34. The van der Waals surface area contributed by atoms with E-state index >= 15 is 0 Å². The van der Waals surface area contributed by atoms with Crippen molar-refractivity contribution in [3.63, 3.8) is 0 Å². The zero-order valence-electron chi connectivity index (χ0n) is 11.9. The molecule has 106 valence electrons. The average molecular weight is 289 g/mol. The van der Waals surface area contributed by atoms with Crippen molar-refractivity contribution < 1.29 is 5.11 Å². The van der Waals surface area contributed by atoms with E-state index in [-0.39, 0.29) is 5.25 Å². The Morgan fingerprint density at radius 1 is 1.45 bits per heavy atom. The molecule has 3 rings (SSSR count). The molecule has 5 heteroatoms. The molecule has 0 bridgehead atoms. The van der Waals surface area contributed by atoms with Crippen molar-refractivity contribution >= 4 is 33.4 Å². The number of hydrogen-bond acceptors (Lipinski definition) is 4. The van der Waals surface area contributed by atoms with Gasteiger partial charge in [0.05, 0.1) is 34.3 Å². The van der Waals surface area contributed by atoms with Crippen LogP contribution in [0.15, 0.2) is 29.3 Å². The number of aromatic nitrogens is 1. The van der Waals surface area contributed by atoms with E-state index in [1.54, 1.807) is 11.8 Å². The van der Waals surface area contributed by atoms with Gasteiger partial charge in [0.15, 0.2) is 0 Å². The van der Waals surface area contributed by atoms with Crippen LogP contribution >= 0.6 is 11.8 Å². The van der Waals surface area contributed by atoms with Gasteiger partial charge in [-0.3, -0.25) is 4.99 Å². The van der Waals surface area contributed by atoms with Gasteiger partial charge in [0, 0.05) is 12.4 Å². The SMILES string of the molecule is CNc1cccc2cc(C3=NCC(C(C)(C)O)S3)[nH]c12. The highest BCUT2D eigenvalue weighted by atomic mass is 32.2. The Balaban J connectivity index is 1.93. The molecule has 1 aromatic carbocycles. The highest BCUT2D eigenvalue weighted by molar-refractivity contribution is 8.15. The summed E-state index contributed by atoms with van der Waals surface area (Å²) >= 11 is 1.65. The largest absolute Gasteiger partial charge is 0.389 e. The summed E-state index contributed by atoms with van der Waals surface area (Å²) in [6, 6.07) is 8.29. The molecule has 1 unspecified atom stereocenters. The van der Waals surface area contributed by atoms with Crippen molar-refractivity contribution in [3.8, 4) is 0 Å². The van der Waals surface area contributed by atoms with Crippen molar-refractivity contribution in [1.29, 1.82) is 0 Å². The maximum absolute atomic E-state index is 10.1. The van der Waals surface area contributed by atoms with Gasteiger partial charge in [-0.05, 0) is 26.0 Å². The average Bonchev–Trinajstić information content (AvgIpc) is 3.03. The third-order valence-corrected chi connectivity index (χ3v) is 5.18. The highest BCUT2D eigenvalue weighted by Crippen LogP contribution is 2.34. The van der Waals surface area contributed by atoms with Crippen LogP contribution in [-0.4, -0.2) is 39.6 Å². The van der Waals surface area contributed by atoms with Crippen LogP contribution in [0.4, 0.5) is 5.69 Å². The molecule has 0 fully saturated rings. The number of aliphatic imine (C=N–C) groups is 1. The first kappa shape index (κ1) is 13.5. The summed E-state index contributed by atoms with van der Waals surface area (Å²) in [6.07, 6.45) is 0. The minimum Gasteiger partial charge on any atom is -0.389 e. The van der Waals surface area contributed by atoms with Crippen molar-refractivity contribution in [2.45, 2.75) is 24.7 Å². The first-order valence-electron chi connectivity index (χ1n) is 6.72. The molecule has 0 spiro atoms. The van der Waals surface area contributed by atoms with Gasteiger partial charge in [0.2, 0.25) is 0 Å². The third-order valence-electron chi connectivity index (χ3n) is 3.60. The molecule has 1 atom stereocenters. The van der Waals surface area contributed by atoms with Gasteiger partial charge in [0.1, 0.15) is 5.04 Å². The molecular formula is C15H19N3OS. The molecular weight excluding hydrogens is 270 g/mol. The summed E-state index contributed by atoms with van der Waals surface area (Å²) in [6.45, 7) is 4.35. The Labute approximate surface area is 122 Å². The normalized spacial score (nSPS) is 19.4. The second kappa shape index (κ2) is 4.82. The van der Waals surface area contributed by atoms with E-state index < -0.39 is 5.60 Å². The summed E-state index contributed by atoms with van der Waals surface area (Å²) in [7, 11) is 1.92. The second-order valence-electron chi connectivity index (χ2n) is 5.61. The van der Waals surface area contributed by atoms with Crippen LogP contribution in [0.2, 0.25) is 0 Å². The van der Waals surface area contributed by atoms with Gasteiger partial charge < -0.3 is 15.4 Å². The fourth-order valence-electron chi connectivity index (χ4n) is 2.37. The Hall–Kier alpha value is -1.46. The van der Waals surface area contributed by atoms with Gasteiger partial charge in [0.25, 0.3) is 0 Å². The van der Waals surface area contributed by atoms with Crippen molar-refractivity contribution in [2.24, 2.45) is 4.99 Å². The van der Waals surface area contributed by atoms with Crippen molar-refractivity contribution in [3.05, 3.63) is 30.0 Å². The highest BCUT2D eigenvalue weighted by Gasteiger charge is 2.33. The Bertz CT molecular complexity index is 669. The van der Waals surface area contributed by atoms with Gasteiger partial charge in [-0.15, -0.1) is 0 Å². The molecule has 3 N–H and O–H groups in total. The van der Waals surface area contributed by atoms with Crippen LogP contribution in [0, 0.1) is 0 Å². The lowest BCUT2D eigenvalue weighted by Gasteiger charge is -2.23. The first-order chi connectivity index (χ1) is 9.49. The smallest absolute Gasteiger partial charge is 0.114 e. The number of thioether (sulfide) groups is 1. The maximum Gasteiger partial charge on any atom is 0.114 e. The molecule has 1 aliphatic heterocycles. The zero-order chi connectivity index (χ0) is 14.3. The van der Waals surface area contributed by atoms with Crippen LogP contribution < -0.4 is 5.32 Å². The van der Waals surface area contributed by atoms with Crippen LogP contribution in [0.1, 0.15) is 19.5 Å². The lowest BCUT2D eigenvalue weighted by molar-refractivity contribution is 0.0809. The number of fused-ring (bicyclic) bond motifs is 1. The predicted molar refractivity (Wildman–Crippen MR) is 86.9 cm³/mol. The quantitative estimate of drug-likeness (QED) is 0.814. The van der Waals surface area contributed by atoms with E-state index in [1.165, 1.54) is 5.39 Å². The number of rotatable bonds is 3. The Morgan fingerprint density at radius 3 is 2.90 bits per heavy atom. The molecule has 1 aliphatic rings. The van der Waals surface area contributed by atoms with Crippen LogP contribution in [0.25, 0.3) is 10.9 Å². The lowest BCUT2D eigenvalue weighted by atomic mass is 10.1. The first-order valence-corrected chi connectivity index (χ1v) is 7.60. The standard InChI is InChI=1S/C15H19N3OS/c1-15(2,19)12-8-17-14(20-12)11-7-9-5-4-6-10(16-3)13(9)18-11/h4-7,12,16,18-19H,8H2,1-3H3. The molecule has 2 heterocycles. The number of aromatic amines is 1. The number of hydrogen-bond donors (Lipinski definition) is 3. The molecule has 0 saturated carbocycles. The number of H-pyrrole nitrogens is 1. The second-order valence-corrected chi connectivity index (χ2v) is 6.80. The number of nitrogens with one attached hydrogen (secondary N) is 2. The summed E-state index contributed by atoms with van der Waals surface area (Å²) < 4.78 is 0. The van der Waals surface area contributed by atoms with Crippen LogP contribution in [0.3, 0.4) is 0 Å². The topological polar surface area (TPSA) is 60.4 Å². The van der Waals surface area contributed by atoms with Gasteiger partial charge in [-0.2, -0.15) is 0 Å². The number of anilines is 1. The fourth-order valence-corrected chi connectivity index (χ4v) is 3.46. The molecule has 0 saturated heterocycles. The molecule has 4 nitrogen and oxygen atoms in total. The molecule has 2 aromatic rings. The van der Waals surface area contributed by atoms with E-state index in [4.69, 9.17) is 0 Å². The minimum absolute atomic E-state index is 0.118. The molecule has 0 amide bonds. The number of para-hydroxylation sites is 1. The predicted octanol–water partition coefficient (Wildman–Crippen LogP) is 2.84. The summed E-state index contributed by atoms with van der Waals surface area (Å²) in [5.41, 5.74) is 2.49. The van der Waals surface area contributed by atoms with E-state index in [1.807, 2.05) is 33.0 Å². The Morgan fingerprint density at radius 2 is 2.25 bits per heavy atom. The monoisotopic (exact) mass is 289 g/mol. The fraction of sp³-hybridized carbons (Fsp3) is 0.400. The summed E-state index contributed by atoms with van der Waals surface area (Å²) in [5.74, 6) is 0. The number of benzene rings is 1. The van der Waals surface area contributed by atoms with Gasteiger partial charge in [-0.1, -0.05) is 23.9 Å². The van der Waals surface area contributed by atoms with E-state index in [9.17, 15) is 5.11 Å². The third kappa shape index (κ3) is 2.31. The number of aliphatic hydroxyl groups is 1.